The monoisotopic (exact) mass is 354 g/mol. The van der Waals surface area contributed by atoms with E-state index in [1.165, 1.54) is 0 Å². The highest BCUT2D eigenvalue weighted by Gasteiger charge is 2.20. The van der Waals surface area contributed by atoms with Crippen LogP contribution in [0.2, 0.25) is 0 Å². The number of hydrogen-bond acceptors (Lipinski definition) is 4. The van der Waals surface area contributed by atoms with Gasteiger partial charge in [0.05, 0.1) is 25.9 Å². The number of carbonyl (C=O) groups excluding carboxylic acids is 1. The Morgan fingerprint density at radius 2 is 1.81 bits per heavy atom. The topological polar surface area (TPSA) is 50.8 Å². The summed E-state index contributed by atoms with van der Waals surface area (Å²) in [5.74, 6) is 0.701. The lowest BCUT2D eigenvalue weighted by Gasteiger charge is -2.31. The summed E-state index contributed by atoms with van der Waals surface area (Å²) in [5, 5.41) is 3.19. The van der Waals surface area contributed by atoms with E-state index < -0.39 is 0 Å². The smallest absolute Gasteiger partial charge is 0.251 e. The molecule has 0 aliphatic carbocycles. The lowest BCUT2D eigenvalue weighted by molar-refractivity contribution is 0.0332. The van der Waals surface area contributed by atoms with Gasteiger partial charge in [0.2, 0.25) is 0 Å². The van der Waals surface area contributed by atoms with Crippen molar-refractivity contribution in [3.63, 3.8) is 0 Å². The van der Waals surface area contributed by atoms with Gasteiger partial charge < -0.3 is 14.8 Å². The van der Waals surface area contributed by atoms with Gasteiger partial charge in [-0.1, -0.05) is 30.3 Å². The largest absolute Gasteiger partial charge is 0.494 e. The van der Waals surface area contributed by atoms with Crippen LogP contribution in [0, 0.1) is 0 Å². The van der Waals surface area contributed by atoms with Gasteiger partial charge in [0.15, 0.2) is 0 Å². The molecule has 1 amide bonds. The van der Waals surface area contributed by atoms with Crippen LogP contribution >= 0.6 is 0 Å². The van der Waals surface area contributed by atoms with Gasteiger partial charge in [0.25, 0.3) is 5.91 Å². The molecule has 0 aromatic heterocycles. The first-order chi connectivity index (χ1) is 12.8. The zero-order chi connectivity index (χ0) is 18.2. The normalized spacial score (nSPS) is 16.0. The standard InChI is InChI=1S/C21H26N2O3/c1-2-26-19-10-8-18(9-11-19)21(24)22-20(17-6-4-3-5-7-17)16-23-12-14-25-15-13-23/h3-11,20H,2,12-16H2,1H3,(H,22,24)/t20-/m0/s1. The third kappa shape index (κ3) is 5.07. The van der Waals surface area contributed by atoms with Crippen molar-refractivity contribution in [1.29, 1.82) is 0 Å². The van der Waals surface area contributed by atoms with Gasteiger partial charge >= 0.3 is 0 Å². The molecule has 0 saturated carbocycles. The molecule has 2 aromatic carbocycles. The summed E-state index contributed by atoms with van der Waals surface area (Å²) in [6.45, 7) is 6.60. The zero-order valence-electron chi connectivity index (χ0n) is 15.2. The van der Waals surface area contributed by atoms with E-state index in [0.717, 1.165) is 44.2 Å². The first-order valence-corrected chi connectivity index (χ1v) is 9.15. The Kier molecular flexibility index (Phi) is 6.63. The quantitative estimate of drug-likeness (QED) is 0.831. The third-order valence-corrected chi connectivity index (χ3v) is 4.48. The number of morpholine rings is 1. The van der Waals surface area contributed by atoms with E-state index in [1.54, 1.807) is 12.1 Å². The Morgan fingerprint density at radius 1 is 1.12 bits per heavy atom. The Balaban J connectivity index is 1.70. The summed E-state index contributed by atoms with van der Waals surface area (Å²) in [6.07, 6.45) is 0. The molecular weight excluding hydrogens is 328 g/mol. The lowest BCUT2D eigenvalue weighted by Crippen LogP contribution is -2.43. The maximum absolute atomic E-state index is 12.7. The molecule has 1 aliphatic rings. The summed E-state index contributed by atoms with van der Waals surface area (Å²) in [4.78, 5) is 15.1. The highest BCUT2D eigenvalue weighted by molar-refractivity contribution is 5.94. The second kappa shape index (κ2) is 9.36. The summed E-state index contributed by atoms with van der Waals surface area (Å²) in [7, 11) is 0. The number of ether oxygens (including phenoxy) is 2. The minimum atomic E-state index is -0.0739. The van der Waals surface area contributed by atoms with E-state index in [1.807, 2.05) is 37.3 Å². The molecule has 5 nitrogen and oxygen atoms in total. The number of rotatable bonds is 7. The summed E-state index contributed by atoms with van der Waals surface area (Å²) >= 11 is 0. The molecule has 0 bridgehead atoms. The number of amides is 1. The van der Waals surface area contributed by atoms with Gasteiger partial charge in [-0.05, 0) is 36.8 Å². The maximum Gasteiger partial charge on any atom is 0.251 e. The van der Waals surface area contributed by atoms with Crippen LogP contribution in [0.3, 0.4) is 0 Å². The van der Waals surface area contributed by atoms with Crippen LogP contribution in [0.25, 0.3) is 0 Å². The van der Waals surface area contributed by atoms with Crippen molar-refractivity contribution in [2.45, 2.75) is 13.0 Å². The second-order valence-electron chi connectivity index (χ2n) is 6.31. The number of nitrogens with one attached hydrogen (secondary N) is 1. The van der Waals surface area contributed by atoms with Gasteiger partial charge in [-0.25, -0.2) is 0 Å². The third-order valence-electron chi connectivity index (χ3n) is 4.48. The number of carbonyl (C=O) groups is 1. The fourth-order valence-electron chi connectivity index (χ4n) is 3.07. The van der Waals surface area contributed by atoms with Crippen molar-refractivity contribution < 1.29 is 14.3 Å². The average Bonchev–Trinajstić information content (AvgIpc) is 2.70. The molecule has 0 spiro atoms. The zero-order valence-corrected chi connectivity index (χ0v) is 15.2. The minimum Gasteiger partial charge on any atom is -0.494 e. The summed E-state index contributed by atoms with van der Waals surface area (Å²) in [5.41, 5.74) is 1.75. The molecule has 1 aliphatic heterocycles. The Hall–Kier alpha value is -2.37. The highest BCUT2D eigenvalue weighted by Crippen LogP contribution is 2.17. The van der Waals surface area contributed by atoms with Crippen LogP contribution in [0.4, 0.5) is 0 Å². The summed E-state index contributed by atoms with van der Waals surface area (Å²) in [6, 6.07) is 17.3. The van der Waals surface area contributed by atoms with Gasteiger partial charge in [-0.3, -0.25) is 9.69 Å². The Labute approximate surface area is 154 Å². The maximum atomic E-state index is 12.7. The molecule has 1 N–H and O–H groups in total. The number of benzene rings is 2. The van der Waals surface area contributed by atoms with Gasteiger partial charge in [-0.15, -0.1) is 0 Å². The van der Waals surface area contributed by atoms with Crippen molar-refractivity contribution in [2.75, 3.05) is 39.5 Å². The molecule has 0 unspecified atom stereocenters. The van der Waals surface area contributed by atoms with Gasteiger partial charge in [0.1, 0.15) is 5.75 Å². The molecule has 0 radical (unpaired) electrons. The van der Waals surface area contributed by atoms with Crippen LogP contribution in [0.15, 0.2) is 54.6 Å². The van der Waals surface area contributed by atoms with Crippen LogP contribution in [0.1, 0.15) is 28.9 Å². The van der Waals surface area contributed by atoms with Gasteiger partial charge in [-0.2, -0.15) is 0 Å². The molecule has 5 heteroatoms. The van der Waals surface area contributed by atoms with Crippen molar-refractivity contribution in [1.82, 2.24) is 10.2 Å². The average molecular weight is 354 g/mol. The molecule has 1 fully saturated rings. The first-order valence-electron chi connectivity index (χ1n) is 9.15. The van der Waals surface area contributed by atoms with E-state index in [-0.39, 0.29) is 11.9 Å². The van der Waals surface area contributed by atoms with Crippen LogP contribution < -0.4 is 10.1 Å². The van der Waals surface area contributed by atoms with Crippen molar-refractivity contribution >= 4 is 5.91 Å². The summed E-state index contributed by atoms with van der Waals surface area (Å²) < 4.78 is 10.9. The van der Waals surface area contributed by atoms with Crippen LogP contribution in [-0.4, -0.2) is 50.3 Å². The van der Waals surface area contributed by atoms with E-state index in [0.29, 0.717) is 12.2 Å². The molecule has 3 rings (SSSR count). The van der Waals surface area contributed by atoms with E-state index >= 15 is 0 Å². The SMILES string of the molecule is CCOc1ccc(C(=O)N[C@@H](CN2CCOCC2)c2ccccc2)cc1. The fourth-order valence-corrected chi connectivity index (χ4v) is 3.07. The Morgan fingerprint density at radius 3 is 2.46 bits per heavy atom. The molecular formula is C21H26N2O3. The van der Waals surface area contributed by atoms with Crippen LogP contribution in [-0.2, 0) is 4.74 Å². The highest BCUT2D eigenvalue weighted by atomic mass is 16.5. The molecule has 26 heavy (non-hydrogen) atoms. The molecule has 138 valence electrons. The fraction of sp³-hybridized carbons (Fsp3) is 0.381. The van der Waals surface area contributed by atoms with Crippen LogP contribution in [0.5, 0.6) is 5.75 Å². The minimum absolute atomic E-state index is 0.0617. The predicted octanol–water partition coefficient (Wildman–Crippen LogP) is 2.89. The predicted molar refractivity (Wildman–Crippen MR) is 102 cm³/mol. The number of hydrogen-bond donors (Lipinski definition) is 1. The van der Waals surface area contributed by atoms with Crippen molar-refractivity contribution in [3.05, 3.63) is 65.7 Å². The Bertz CT molecular complexity index is 682. The van der Waals surface area contributed by atoms with E-state index in [9.17, 15) is 4.79 Å². The molecule has 2 aromatic rings. The van der Waals surface area contributed by atoms with Crippen molar-refractivity contribution in [2.24, 2.45) is 0 Å². The number of nitrogens with zero attached hydrogens (tertiary/aromatic N) is 1. The second-order valence-corrected chi connectivity index (χ2v) is 6.31. The van der Waals surface area contributed by atoms with E-state index in [2.05, 4.69) is 22.3 Å². The van der Waals surface area contributed by atoms with Gasteiger partial charge in [0, 0.05) is 25.2 Å². The van der Waals surface area contributed by atoms with E-state index in [4.69, 9.17) is 9.47 Å². The lowest BCUT2D eigenvalue weighted by atomic mass is 10.1. The molecule has 1 atom stereocenters. The molecule has 1 saturated heterocycles. The van der Waals surface area contributed by atoms with Crippen molar-refractivity contribution in [3.8, 4) is 5.75 Å². The first kappa shape index (κ1) is 18.4. The molecule has 1 heterocycles.